The van der Waals surface area contributed by atoms with Crippen molar-refractivity contribution in [3.8, 4) is 0 Å². The molecule has 0 aromatic heterocycles. The van der Waals surface area contributed by atoms with Crippen molar-refractivity contribution in [1.82, 2.24) is 0 Å². The van der Waals surface area contributed by atoms with Crippen molar-refractivity contribution in [2.45, 2.75) is 52.5 Å². The van der Waals surface area contributed by atoms with Crippen molar-refractivity contribution in [3.63, 3.8) is 0 Å². The molecule has 1 atom stereocenters. The van der Waals surface area contributed by atoms with Gasteiger partial charge >= 0.3 is 0 Å². The van der Waals surface area contributed by atoms with Crippen LogP contribution in [0.25, 0.3) is 0 Å². The third-order valence-corrected chi connectivity index (χ3v) is 5.15. The zero-order valence-electron chi connectivity index (χ0n) is 13.0. The lowest BCUT2D eigenvalue weighted by atomic mass is 9.74. The Morgan fingerprint density at radius 1 is 1.25 bits per heavy atom. The van der Waals surface area contributed by atoms with Gasteiger partial charge in [-0.1, -0.05) is 32.8 Å². The van der Waals surface area contributed by atoms with Crippen LogP contribution in [0.4, 0.5) is 10.1 Å². The smallest absolute Gasteiger partial charge is 0.130 e. The molecule has 20 heavy (non-hydrogen) atoms. The third kappa shape index (κ3) is 2.83. The van der Waals surface area contributed by atoms with E-state index >= 15 is 0 Å². The van der Waals surface area contributed by atoms with Crippen molar-refractivity contribution in [3.05, 3.63) is 29.6 Å². The molecule has 1 unspecified atom stereocenters. The van der Waals surface area contributed by atoms with Gasteiger partial charge in [0.1, 0.15) is 5.82 Å². The molecule has 1 heterocycles. The fraction of sp³-hybridized carbons (Fsp3) is 0.647. The second kappa shape index (κ2) is 6.13. The van der Waals surface area contributed by atoms with Crippen LogP contribution in [0.15, 0.2) is 18.2 Å². The maximum absolute atomic E-state index is 14.0. The van der Waals surface area contributed by atoms with E-state index in [1.54, 1.807) is 6.07 Å². The molecule has 0 amide bonds. The number of halogens is 1. The summed E-state index contributed by atoms with van der Waals surface area (Å²) in [6.45, 7) is 8.44. The van der Waals surface area contributed by atoms with E-state index in [9.17, 15) is 4.39 Å². The predicted molar refractivity (Wildman–Crippen MR) is 83.5 cm³/mol. The van der Waals surface area contributed by atoms with Gasteiger partial charge in [-0.2, -0.15) is 0 Å². The second-order valence-corrected chi connectivity index (χ2v) is 6.16. The van der Waals surface area contributed by atoms with Crippen molar-refractivity contribution in [1.29, 1.82) is 0 Å². The Hall–Kier alpha value is -1.09. The van der Waals surface area contributed by atoms with Gasteiger partial charge in [0, 0.05) is 30.4 Å². The molecule has 0 radical (unpaired) electrons. The van der Waals surface area contributed by atoms with Crippen LogP contribution < -0.4 is 10.6 Å². The summed E-state index contributed by atoms with van der Waals surface area (Å²) in [5.41, 5.74) is 8.09. The highest BCUT2D eigenvalue weighted by atomic mass is 19.1. The van der Waals surface area contributed by atoms with Crippen molar-refractivity contribution >= 4 is 5.69 Å². The van der Waals surface area contributed by atoms with E-state index in [-0.39, 0.29) is 11.9 Å². The standard InChI is InChI=1S/C17H27FN2/c1-4-17(5-2)9-11-20(12-10-17)15-8-6-7-14(18)16(15)13(3)19/h6-8,13H,4-5,9-12,19H2,1-3H3. The Balaban J connectivity index is 2.21. The van der Waals surface area contributed by atoms with Crippen LogP contribution in [-0.2, 0) is 0 Å². The molecule has 0 bridgehead atoms. The lowest BCUT2D eigenvalue weighted by Gasteiger charge is -2.42. The maximum Gasteiger partial charge on any atom is 0.130 e. The first kappa shape index (κ1) is 15.3. The molecule has 2 rings (SSSR count). The Bertz CT molecular complexity index is 442. The molecule has 1 aliphatic rings. The van der Waals surface area contributed by atoms with Gasteiger partial charge in [0.05, 0.1) is 0 Å². The highest BCUT2D eigenvalue weighted by Crippen LogP contribution is 2.40. The molecule has 1 fully saturated rings. The summed E-state index contributed by atoms with van der Waals surface area (Å²) in [5, 5.41) is 0. The SMILES string of the molecule is CCC1(CC)CCN(c2cccc(F)c2C(C)N)CC1. The van der Waals surface area contributed by atoms with E-state index < -0.39 is 0 Å². The number of anilines is 1. The van der Waals surface area contributed by atoms with Crippen molar-refractivity contribution < 1.29 is 4.39 Å². The summed E-state index contributed by atoms with van der Waals surface area (Å²) in [4.78, 5) is 2.31. The molecule has 0 aliphatic carbocycles. The molecular formula is C17H27FN2. The topological polar surface area (TPSA) is 29.3 Å². The van der Waals surface area contributed by atoms with Gasteiger partial charge in [0.2, 0.25) is 0 Å². The Morgan fingerprint density at radius 2 is 1.85 bits per heavy atom. The number of nitrogens with zero attached hydrogens (tertiary/aromatic N) is 1. The maximum atomic E-state index is 14.0. The molecule has 0 spiro atoms. The quantitative estimate of drug-likeness (QED) is 0.892. The van der Waals surface area contributed by atoms with Crippen LogP contribution in [0, 0.1) is 11.2 Å². The normalized spacial score (nSPS) is 19.9. The number of nitrogens with two attached hydrogens (primary N) is 1. The summed E-state index contributed by atoms with van der Waals surface area (Å²) in [6.07, 6.45) is 4.85. The molecule has 112 valence electrons. The summed E-state index contributed by atoms with van der Waals surface area (Å²) < 4.78 is 14.0. The average Bonchev–Trinajstić information content (AvgIpc) is 2.46. The number of hydrogen-bond acceptors (Lipinski definition) is 2. The first-order chi connectivity index (χ1) is 9.53. The van der Waals surface area contributed by atoms with Gasteiger partial charge in [0.25, 0.3) is 0 Å². The Morgan fingerprint density at radius 3 is 2.35 bits per heavy atom. The summed E-state index contributed by atoms with van der Waals surface area (Å²) in [5.74, 6) is -0.180. The highest BCUT2D eigenvalue weighted by Gasteiger charge is 2.32. The van der Waals surface area contributed by atoms with Crippen LogP contribution in [0.5, 0.6) is 0 Å². The summed E-state index contributed by atoms with van der Waals surface area (Å²) in [7, 11) is 0. The van der Waals surface area contributed by atoms with Crippen LogP contribution >= 0.6 is 0 Å². The molecule has 2 nitrogen and oxygen atoms in total. The van der Waals surface area contributed by atoms with E-state index in [1.165, 1.54) is 31.7 Å². The molecule has 1 aromatic rings. The van der Waals surface area contributed by atoms with Gasteiger partial charge in [0.15, 0.2) is 0 Å². The number of rotatable bonds is 4. The molecule has 1 aliphatic heterocycles. The van der Waals surface area contributed by atoms with E-state index in [1.807, 2.05) is 13.0 Å². The molecule has 2 N–H and O–H groups in total. The van der Waals surface area contributed by atoms with Crippen molar-refractivity contribution in [2.75, 3.05) is 18.0 Å². The predicted octanol–water partition coefficient (Wildman–Crippen LogP) is 4.25. The Kier molecular flexibility index (Phi) is 4.69. The molecular weight excluding hydrogens is 251 g/mol. The van der Waals surface area contributed by atoms with E-state index in [4.69, 9.17) is 5.73 Å². The number of hydrogen-bond donors (Lipinski definition) is 1. The lowest BCUT2D eigenvalue weighted by Crippen LogP contribution is -2.40. The van der Waals surface area contributed by atoms with Gasteiger partial charge < -0.3 is 10.6 Å². The van der Waals surface area contributed by atoms with Crippen LogP contribution in [-0.4, -0.2) is 13.1 Å². The minimum absolute atomic E-state index is 0.180. The van der Waals surface area contributed by atoms with Gasteiger partial charge in [-0.15, -0.1) is 0 Å². The van der Waals surface area contributed by atoms with Crippen LogP contribution in [0.1, 0.15) is 58.1 Å². The van der Waals surface area contributed by atoms with Gasteiger partial charge in [-0.05, 0) is 37.3 Å². The molecule has 0 saturated carbocycles. The molecule has 1 aromatic carbocycles. The molecule has 3 heteroatoms. The Labute approximate surface area is 122 Å². The second-order valence-electron chi connectivity index (χ2n) is 6.16. The van der Waals surface area contributed by atoms with Gasteiger partial charge in [-0.25, -0.2) is 4.39 Å². The van der Waals surface area contributed by atoms with Crippen LogP contribution in [0.2, 0.25) is 0 Å². The van der Waals surface area contributed by atoms with E-state index in [0.717, 1.165) is 18.8 Å². The zero-order chi connectivity index (χ0) is 14.8. The number of piperidine rings is 1. The van der Waals surface area contributed by atoms with Gasteiger partial charge in [-0.3, -0.25) is 0 Å². The third-order valence-electron chi connectivity index (χ3n) is 5.15. The van der Waals surface area contributed by atoms with Crippen molar-refractivity contribution in [2.24, 2.45) is 11.1 Å². The number of benzene rings is 1. The van der Waals surface area contributed by atoms with E-state index in [0.29, 0.717) is 11.0 Å². The average molecular weight is 278 g/mol. The summed E-state index contributed by atoms with van der Waals surface area (Å²) in [6, 6.07) is 5.04. The minimum Gasteiger partial charge on any atom is -0.371 e. The van der Waals surface area contributed by atoms with E-state index in [2.05, 4.69) is 18.7 Å². The molecule has 1 saturated heterocycles. The first-order valence-corrected chi connectivity index (χ1v) is 7.82. The largest absolute Gasteiger partial charge is 0.371 e. The highest BCUT2D eigenvalue weighted by molar-refractivity contribution is 5.55. The first-order valence-electron chi connectivity index (χ1n) is 7.82. The monoisotopic (exact) mass is 278 g/mol. The lowest BCUT2D eigenvalue weighted by molar-refractivity contribution is 0.199. The summed E-state index contributed by atoms with van der Waals surface area (Å²) >= 11 is 0. The minimum atomic E-state index is -0.268. The fourth-order valence-electron chi connectivity index (χ4n) is 3.43. The zero-order valence-corrected chi connectivity index (χ0v) is 13.0. The fourth-order valence-corrected chi connectivity index (χ4v) is 3.43. The van der Waals surface area contributed by atoms with Crippen LogP contribution in [0.3, 0.4) is 0 Å².